The van der Waals surface area contributed by atoms with Gasteiger partial charge in [0.25, 0.3) is 0 Å². The monoisotopic (exact) mass is 505 g/mol. The van der Waals surface area contributed by atoms with Gasteiger partial charge in [-0.25, -0.2) is 0 Å². The zero-order valence-electron chi connectivity index (χ0n) is 21.9. The topological polar surface area (TPSA) is 29.5 Å². The lowest BCUT2D eigenvalue weighted by Crippen LogP contribution is -2.10. The maximum Gasteiger partial charge on any atom is 0.159 e. The van der Waals surface area contributed by atoms with E-state index >= 15 is 0 Å². The predicted molar refractivity (Wildman–Crippen MR) is 165 cm³/mol. The molecule has 0 amide bonds. The second kappa shape index (κ2) is 9.07. The van der Waals surface area contributed by atoms with E-state index in [1.807, 2.05) is 38.1 Å². The molecule has 0 aliphatic carbocycles. The molecule has 0 aliphatic heterocycles. The Bertz CT molecular complexity index is 2060. The molecule has 2 aromatic heterocycles. The molecule has 3 nitrogen and oxygen atoms in total. The van der Waals surface area contributed by atoms with Crippen LogP contribution < -0.4 is 4.90 Å². The number of fused-ring (bicyclic) bond motifs is 6. The third-order valence-corrected chi connectivity index (χ3v) is 7.31. The molecule has 0 saturated carbocycles. The number of para-hydroxylation sites is 3. The SMILES string of the molecule is C=C(C)c1oc2c(N(c3ccccc3)c3cc4c5ccccc5oc4c4ccccc34)cccc2c1/C=C\C. The van der Waals surface area contributed by atoms with Gasteiger partial charge in [-0.05, 0) is 49.8 Å². The van der Waals surface area contributed by atoms with Gasteiger partial charge in [-0.1, -0.05) is 91.5 Å². The molecular formula is C36H27NO2. The second-order valence-corrected chi connectivity index (χ2v) is 9.87. The summed E-state index contributed by atoms with van der Waals surface area (Å²) >= 11 is 0. The molecule has 0 aliphatic rings. The standard InChI is InChI=1S/C36H27NO2/c1-4-13-27-29-19-12-20-31(36(29)39-34(27)23(2)3)37(24-14-6-5-7-15-24)32-22-30-26-17-10-11-21-33(26)38-35(30)28-18-9-8-16-25(28)32/h4-22H,2H2,1,3H3/b13-4-. The highest BCUT2D eigenvalue weighted by Crippen LogP contribution is 2.47. The number of allylic oxidation sites excluding steroid dienone is 2. The van der Waals surface area contributed by atoms with E-state index in [0.29, 0.717) is 0 Å². The van der Waals surface area contributed by atoms with Gasteiger partial charge in [0, 0.05) is 38.2 Å². The second-order valence-electron chi connectivity index (χ2n) is 9.87. The predicted octanol–water partition coefficient (Wildman–Crippen LogP) is 11.0. The average molecular weight is 506 g/mol. The molecule has 7 aromatic rings. The summed E-state index contributed by atoms with van der Waals surface area (Å²) in [5.74, 6) is 0.810. The Morgan fingerprint density at radius 3 is 2.13 bits per heavy atom. The highest BCUT2D eigenvalue weighted by Gasteiger charge is 2.24. The zero-order valence-corrected chi connectivity index (χ0v) is 21.9. The van der Waals surface area contributed by atoms with Crippen LogP contribution in [0, 0.1) is 0 Å². The molecule has 0 N–H and O–H groups in total. The number of nitrogens with zero attached hydrogens (tertiary/aromatic N) is 1. The molecule has 39 heavy (non-hydrogen) atoms. The van der Waals surface area contributed by atoms with Crippen molar-refractivity contribution in [1.29, 1.82) is 0 Å². The van der Waals surface area contributed by atoms with Crippen molar-refractivity contribution in [3.63, 3.8) is 0 Å². The van der Waals surface area contributed by atoms with Gasteiger partial charge >= 0.3 is 0 Å². The van der Waals surface area contributed by atoms with Crippen molar-refractivity contribution in [2.45, 2.75) is 13.8 Å². The fraction of sp³-hybridized carbons (Fsp3) is 0.0556. The van der Waals surface area contributed by atoms with Gasteiger partial charge in [0.1, 0.15) is 16.9 Å². The largest absolute Gasteiger partial charge is 0.455 e. The molecule has 7 rings (SSSR count). The summed E-state index contributed by atoms with van der Waals surface area (Å²) in [5, 5.41) is 5.42. The summed E-state index contributed by atoms with van der Waals surface area (Å²) in [6, 6.07) is 35.8. The molecule has 0 fully saturated rings. The molecule has 188 valence electrons. The molecular weight excluding hydrogens is 478 g/mol. The number of benzene rings is 5. The molecule has 0 saturated heterocycles. The smallest absolute Gasteiger partial charge is 0.159 e. The van der Waals surface area contributed by atoms with Crippen LogP contribution in [-0.2, 0) is 0 Å². The third-order valence-electron chi connectivity index (χ3n) is 7.31. The van der Waals surface area contributed by atoms with Crippen LogP contribution in [0.25, 0.3) is 55.3 Å². The van der Waals surface area contributed by atoms with Crippen molar-refractivity contribution in [3.8, 4) is 0 Å². The number of anilines is 3. The van der Waals surface area contributed by atoms with Gasteiger partial charge in [0.2, 0.25) is 0 Å². The summed E-state index contributed by atoms with van der Waals surface area (Å²) in [6.07, 6.45) is 4.15. The van der Waals surface area contributed by atoms with E-state index in [0.717, 1.165) is 77.6 Å². The highest BCUT2D eigenvalue weighted by atomic mass is 16.3. The van der Waals surface area contributed by atoms with E-state index in [9.17, 15) is 0 Å². The minimum atomic E-state index is 0.810. The number of furan rings is 2. The minimum absolute atomic E-state index is 0.810. The first kappa shape index (κ1) is 23.1. The van der Waals surface area contributed by atoms with Crippen LogP contribution in [-0.4, -0.2) is 0 Å². The first-order valence-corrected chi connectivity index (χ1v) is 13.2. The summed E-state index contributed by atoms with van der Waals surface area (Å²) in [4.78, 5) is 2.30. The highest BCUT2D eigenvalue weighted by molar-refractivity contribution is 6.20. The van der Waals surface area contributed by atoms with Crippen molar-refractivity contribution < 1.29 is 8.83 Å². The fourth-order valence-electron chi connectivity index (χ4n) is 5.65. The Balaban J connectivity index is 1.62. The van der Waals surface area contributed by atoms with Crippen LogP contribution in [0.4, 0.5) is 17.1 Å². The van der Waals surface area contributed by atoms with E-state index in [-0.39, 0.29) is 0 Å². The van der Waals surface area contributed by atoms with Crippen molar-refractivity contribution in [3.05, 3.63) is 127 Å². The van der Waals surface area contributed by atoms with Crippen LogP contribution in [0.1, 0.15) is 25.2 Å². The average Bonchev–Trinajstić information content (AvgIpc) is 3.54. The number of hydrogen-bond donors (Lipinski definition) is 0. The van der Waals surface area contributed by atoms with E-state index in [1.165, 1.54) is 0 Å². The van der Waals surface area contributed by atoms with Gasteiger partial charge in [-0.2, -0.15) is 0 Å². The molecule has 0 unspecified atom stereocenters. The normalized spacial score (nSPS) is 11.8. The summed E-state index contributed by atoms with van der Waals surface area (Å²) in [7, 11) is 0. The molecule has 5 aromatic carbocycles. The Hall–Kier alpha value is -5.02. The minimum Gasteiger partial charge on any atom is -0.455 e. The van der Waals surface area contributed by atoms with Crippen LogP contribution >= 0.6 is 0 Å². The molecule has 0 atom stereocenters. The third kappa shape index (κ3) is 3.58. The Kier molecular flexibility index (Phi) is 5.38. The number of hydrogen-bond acceptors (Lipinski definition) is 3. The first-order chi connectivity index (χ1) is 19.2. The van der Waals surface area contributed by atoms with E-state index < -0.39 is 0 Å². The van der Waals surface area contributed by atoms with Crippen LogP contribution in [0.2, 0.25) is 0 Å². The van der Waals surface area contributed by atoms with Crippen molar-refractivity contribution in [2.75, 3.05) is 4.90 Å². The quantitative estimate of drug-likeness (QED) is 0.233. The number of rotatable bonds is 5. The zero-order chi connectivity index (χ0) is 26.5. The molecule has 2 heterocycles. The molecule has 0 spiro atoms. The van der Waals surface area contributed by atoms with E-state index in [2.05, 4.69) is 102 Å². The molecule has 3 heteroatoms. The lowest BCUT2D eigenvalue weighted by Gasteiger charge is -2.27. The van der Waals surface area contributed by atoms with Crippen LogP contribution in [0.5, 0.6) is 0 Å². The van der Waals surface area contributed by atoms with Gasteiger partial charge in [0.15, 0.2) is 5.58 Å². The summed E-state index contributed by atoms with van der Waals surface area (Å²) in [6.45, 7) is 8.22. The Morgan fingerprint density at radius 2 is 1.36 bits per heavy atom. The Labute approximate surface area is 226 Å². The van der Waals surface area contributed by atoms with E-state index in [4.69, 9.17) is 8.83 Å². The van der Waals surface area contributed by atoms with Gasteiger partial charge < -0.3 is 13.7 Å². The fourth-order valence-corrected chi connectivity index (χ4v) is 5.65. The Morgan fingerprint density at radius 1 is 0.667 bits per heavy atom. The first-order valence-electron chi connectivity index (χ1n) is 13.2. The van der Waals surface area contributed by atoms with E-state index in [1.54, 1.807) is 0 Å². The van der Waals surface area contributed by atoms with Crippen molar-refractivity contribution >= 4 is 72.4 Å². The molecule has 0 radical (unpaired) electrons. The van der Waals surface area contributed by atoms with Crippen LogP contribution in [0.15, 0.2) is 125 Å². The lowest BCUT2D eigenvalue weighted by atomic mass is 10.0. The van der Waals surface area contributed by atoms with Gasteiger partial charge in [-0.3, -0.25) is 0 Å². The van der Waals surface area contributed by atoms with Crippen molar-refractivity contribution in [1.82, 2.24) is 0 Å². The molecule has 0 bridgehead atoms. The van der Waals surface area contributed by atoms with Gasteiger partial charge in [0.05, 0.1) is 11.4 Å². The lowest BCUT2D eigenvalue weighted by molar-refractivity contribution is 0.599. The maximum atomic E-state index is 6.61. The summed E-state index contributed by atoms with van der Waals surface area (Å²) in [5.41, 5.74) is 7.63. The maximum absolute atomic E-state index is 6.61. The van der Waals surface area contributed by atoms with Crippen molar-refractivity contribution in [2.24, 2.45) is 0 Å². The summed E-state index contributed by atoms with van der Waals surface area (Å²) < 4.78 is 13.0. The van der Waals surface area contributed by atoms with Crippen LogP contribution in [0.3, 0.4) is 0 Å². The van der Waals surface area contributed by atoms with Gasteiger partial charge in [-0.15, -0.1) is 0 Å².